The Labute approximate surface area is 120 Å². The van der Waals surface area contributed by atoms with Crippen molar-refractivity contribution in [3.8, 4) is 0 Å². The molecule has 1 N–H and O–H groups in total. The zero-order valence-corrected chi connectivity index (χ0v) is 12.4. The number of aliphatic hydroxyl groups is 1. The quantitative estimate of drug-likeness (QED) is 0.666. The number of Topliss-reactive ketones (excluding diaryl/α,β-unsaturated/α-hetero) is 1. The van der Waals surface area contributed by atoms with Crippen molar-refractivity contribution < 1.29 is 19.4 Å². The second-order valence-electron chi connectivity index (χ2n) is 3.97. The first-order valence-electron chi connectivity index (χ1n) is 5.70. The zero-order valence-electron chi connectivity index (χ0n) is 10.8. The fraction of sp³-hybridized carbons (Fsp3) is 0.286. The summed E-state index contributed by atoms with van der Waals surface area (Å²) in [6.45, 7) is 6.48. The largest absolute Gasteiger partial charge is 0.463 e. The van der Waals surface area contributed by atoms with Gasteiger partial charge >= 0.3 is 5.97 Å². The summed E-state index contributed by atoms with van der Waals surface area (Å²) in [6.07, 6.45) is 0. The van der Waals surface area contributed by atoms with Crippen molar-refractivity contribution in [3.63, 3.8) is 0 Å². The number of benzene rings is 1. The minimum absolute atomic E-state index is 0.100. The molecule has 0 aliphatic rings. The second kappa shape index (κ2) is 6.12. The highest BCUT2D eigenvalue weighted by Crippen LogP contribution is 2.31. The van der Waals surface area contributed by atoms with Crippen LogP contribution in [0.4, 0.5) is 0 Å². The van der Waals surface area contributed by atoms with Crippen molar-refractivity contribution in [3.05, 3.63) is 46.5 Å². The van der Waals surface area contributed by atoms with Crippen molar-refractivity contribution in [1.82, 2.24) is 0 Å². The molecule has 1 rings (SSSR count). The molecular formula is C14H15BrO4. The Morgan fingerprint density at radius 2 is 1.89 bits per heavy atom. The molecule has 0 bridgehead atoms. The number of hydrogen-bond acceptors (Lipinski definition) is 4. The second-order valence-corrected chi connectivity index (χ2v) is 4.89. The van der Waals surface area contributed by atoms with Crippen molar-refractivity contribution in [2.75, 3.05) is 6.61 Å². The number of hydrogen-bond donors (Lipinski definition) is 1. The number of carbonyl (C=O) groups excluding carboxylic acids is 2. The third-order valence-electron chi connectivity index (χ3n) is 2.69. The highest BCUT2D eigenvalue weighted by atomic mass is 79.9. The maximum absolute atomic E-state index is 12.0. The number of carbonyl (C=O) groups is 2. The van der Waals surface area contributed by atoms with Gasteiger partial charge in [0, 0.05) is 10.0 Å². The molecule has 5 heteroatoms. The maximum atomic E-state index is 12.0. The molecule has 0 aliphatic heterocycles. The van der Waals surface area contributed by atoms with E-state index in [-0.39, 0.29) is 17.7 Å². The summed E-state index contributed by atoms with van der Waals surface area (Å²) in [5.74, 6) is -1.38. The average Bonchev–Trinajstić information content (AvgIpc) is 2.37. The van der Waals surface area contributed by atoms with E-state index in [2.05, 4.69) is 22.5 Å². The van der Waals surface area contributed by atoms with Crippen molar-refractivity contribution >= 4 is 27.7 Å². The van der Waals surface area contributed by atoms with E-state index in [0.717, 1.165) is 4.47 Å². The van der Waals surface area contributed by atoms with Crippen LogP contribution in [0.5, 0.6) is 0 Å². The number of rotatable bonds is 5. The molecule has 1 unspecified atom stereocenters. The lowest BCUT2D eigenvalue weighted by molar-refractivity contribution is -0.163. The molecule has 0 aliphatic carbocycles. The van der Waals surface area contributed by atoms with Crippen LogP contribution >= 0.6 is 15.9 Å². The number of ketones is 1. The first-order valence-corrected chi connectivity index (χ1v) is 6.49. The third kappa shape index (κ3) is 3.11. The van der Waals surface area contributed by atoms with Gasteiger partial charge in [-0.25, -0.2) is 4.79 Å². The number of halogens is 1. The normalized spacial score (nSPS) is 13.5. The van der Waals surface area contributed by atoms with E-state index in [1.165, 1.54) is 19.1 Å². The molecule has 19 heavy (non-hydrogen) atoms. The number of esters is 1. The molecule has 4 nitrogen and oxygen atoms in total. The van der Waals surface area contributed by atoms with Gasteiger partial charge in [-0.05, 0) is 31.5 Å². The molecule has 1 aromatic carbocycles. The highest BCUT2D eigenvalue weighted by Gasteiger charge is 2.44. The van der Waals surface area contributed by atoms with Crippen molar-refractivity contribution in [2.45, 2.75) is 19.4 Å². The summed E-state index contributed by atoms with van der Waals surface area (Å²) in [5.41, 5.74) is -2.12. The summed E-state index contributed by atoms with van der Waals surface area (Å²) in [5, 5.41) is 10.6. The molecular weight excluding hydrogens is 312 g/mol. The lowest BCUT2D eigenvalue weighted by atomic mass is 9.85. The average molecular weight is 327 g/mol. The summed E-state index contributed by atoms with van der Waals surface area (Å²) in [7, 11) is 0. The Morgan fingerprint density at radius 3 is 2.32 bits per heavy atom. The lowest BCUT2D eigenvalue weighted by Gasteiger charge is -2.27. The molecule has 102 valence electrons. The Kier molecular flexibility index (Phi) is 5.03. The molecule has 1 atom stereocenters. The molecule has 0 aromatic heterocycles. The van der Waals surface area contributed by atoms with Gasteiger partial charge in [-0.2, -0.15) is 0 Å². The van der Waals surface area contributed by atoms with Gasteiger partial charge in [-0.3, -0.25) is 4.79 Å². The summed E-state index contributed by atoms with van der Waals surface area (Å²) >= 11 is 3.26. The van der Waals surface area contributed by atoms with Gasteiger partial charge in [0.1, 0.15) is 0 Å². The fourth-order valence-corrected chi connectivity index (χ4v) is 1.86. The van der Waals surface area contributed by atoms with Crippen molar-refractivity contribution in [2.24, 2.45) is 0 Å². The van der Waals surface area contributed by atoms with Gasteiger partial charge in [0.25, 0.3) is 0 Å². The van der Waals surface area contributed by atoms with Crippen LogP contribution in [0.1, 0.15) is 19.4 Å². The molecule has 0 saturated heterocycles. The molecule has 0 heterocycles. The van der Waals surface area contributed by atoms with Gasteiger partial charge < -0.3 is 9.84 Å². The molecule has 0 radical (unpaired) electrons. The van der Waals surface area contributed by atoms with Crippen LogP contribution in [0.2, 0.25) is 0 Å². The van der Waals surface area contributed by atoms with E-state index in [9.17, 15) is 14.7 Å². The first kappa shape index (κ1) is 15.6. The SMILES string of the molecule is C=C(C(C)=O)C(O)(C(=O)OCC)c1ccc(Br)cc1. The van der Waals surface area contributed by atoms with E-state index in [4.69, 9.17) is 4.74 Å². The van der Waals surface area contributed by atoms with Crippen LogP contribution in [-0.4, -0.2) is 23.5 Å². The zero-order chi connectivity index (χ0) is 14.6. The lowest BCUT2D eigenvalue weighted by Crippen LogP contribution is -2.41. The van der Waals surface area contributed by atoms with Gasteiger partial charge in [-0.15, -0.1) is 0 Å². The standard InChI is InChI=1S/C14H15BrO4/c1-4-19-13(17)14(18,9(2)10(3)16)11-5-7-12(15)8-6-11/h5-8,18H,2,4H2,1,3H3. The Bertz CT molecular complexity index is 507. The monoisotopic (exact) mass is 326 g/mol. The van der Waals surface area contributed by atoms with Gasteiger partial charge in [0.05, 0.1) is 6.61 Å². The Balaban J connectivity index is 3.34. The molecule has 1 aromatic rings. The fourth-order valence-electron chi connectivity index (χ4n) is 1.60. The van der Waals surface area contributed by atoms with Crippen LogP contribution in [-0.2, 0) is 19.9 Å². The van der Waals surface area contributed by atoms with Crippen LogP contribution in [0.15, 0.2) is 40.9 Å². The molecule has 0 saturated carbocycles. The third-order valence-corrected chi connectivity index (χ3v) is 3.22. The van der Waals surface area contributed by atoms with E-state index in [1.807, 2.05) is 0 Å². The summed E-state index contributed by atoms with van der Waals surface area (Å²) in [4.78, 5) is 23.5. The highest BCUT2D eigenvalue weighted by molar-refractivity contribution is 9.10. The topological polar surface area (TPSA) is 63.6 Å². The van der Waals surface area contributed by atoms with Crippen LogP contribution in [0.25, 0.3) is 0 Å². The summed E-state index contributed by atoms with van der Waals surface area (Å²) < 4.78 is 5.64. The van der Waals surface area contributed by atoms with E-state index < -0.39 is 17.4 Å². The van der Waals surface area contributed by atoms with E-state index in [0.29, 0.717) is 0 Å². The molecule has 0 fully saturated rings. The smallest absolute Gasteiger partial charge is 0.347 e. The maximum Gasteiger partial charge on any atom is 0.347 e. The van der Waals surface area contributed by atoms with Crippen LogP contribution in [0.3, 0.4) is 0 Å². The minimum atomic E-state index is -2.15. The number of ether oxygens (including phenoxy) is 1. The minimum Gasteiger partial charge on any atom is -0.463 e. The van der Waals surface area contributed by atoms with Crippen molar-refractivity contribution in [1.29, 1.82) is 0 Å². The van der Waals surface area contributed by atoms with Crippen LogP contribution in [0, 0.1) is 0 Å². The van der Waals surface area contributed by atoms with Gasteiger partial charge in [0.15, 0.2) is 5.78 Å². The van der Waals surface area contributed by atoms with Gasteiger partial charge in [0.2, 0.25) is 5.60 Å². The van der Waals surface area contributed by atoms with Crippen LogP contribution < -0.4 is 0 Å². The summed E-state index contributed by atoms with van der Waals surface area (Å²) in [6, 6.07) is 6.39. The predicted octanol–water partition coefficient (Wildman–Crippen LogP) is 2.35. The van der Waals surface area contributed by atoms with E-state index >= 15 is 0 Å². The molecule has 0 spiro atoms. The Morgan fingerprint density at radius 1 is 1.37 bits per heavy atom. The Hall–Kier alpha value is -1.46. The van der Waals surface area contributed by atoms with Gasteiger partial charge in [-0.1, -0.05) is 34.6 Å². The predicted molar refractivity (Wildman–Crippen MR) is 74.5 cm³/mol. The first-order chi connectivity index (χ1) is 8.83. The van der Waals surface area contributed by atoms with E-state index in [1.54, 1.807) is 19.1 Å². The molecule has 0 amide bonds.